The maximum atomic E-state index is 13.1. The van der Waals surface area contributed by atoms with Crippen LogP contribution in [-0.4, -0.2) is 54.7 Å². The molecule has 2 aliphatic carbocycles. The summed E-state index contributed by atoms with van der Waals surface area (Å²) >= 11 is 0. The molecule has 6 heteroatoms. The second-order valence-electron chi connectivity index (χ2n) is 10.8. The summed E-state index contributed by atoms with van der Waals surface area (Å²) in [5.74, 6) is -0.810. The average Bonchev–Trinajstić information content (AvgIpc) is 2.98. The Morgan fingerprint density at radius 1 is 0.929 bits per heavy atom. The van der Waals surface area contributed by atoms with Crippen molar-refractivity contribution in [1.29, 1.82) is 0 Å². The predicted molar refractivity (Wildman–Crippen MR) is 173 cm³/mol. The van der Waals surface area contributed by atoms with Gasteiger partial charge in [-0.05, 0) is 75.8 Å². The fourth-order valence-electron chi connectivity index (χ4n) is 4.81. The van der Waals surface area contributed by atoms with Crippen molar-refractivity contribution in [3.8, 4) is 0 Å². The summed E-state index contributed by atoms with van der Waals surface area (Å²) in [5.41, 5.74) is 4.72. The Kier molecular flexibility index (Phi) is 13.4. The van der Waals surface area contributed by atoms with Crippen LogP contribution in [0.15, 0.2) is 96.1 Å². The van der Waals surface area contributed by atoms with Crippen LogP contribution in [-0.2, 0) is 11.2 Å². The molecule has 0 aromatic heterocycles. The summed E-state index contributed by atoms with van der Waals surface area (Å²) in [4.78, 5) is 38.3. The Bertz CT molecular complexity index is 1350. The van der Waals surface area contributed by atoms with E-state index in [4.69, 9.17) is 5.11 Å². The Balaban J connectivity index is 0.000000302. The fraction of sp³-hybridized carbons (Fsp3) is 0.361. The molecule has 0 saturated heterocycles. The highest BCUT2D eigenvalue weighted by atomic mass is 16.4. The molecule has 0 bridgehead atoms. The zero-order chi connectivity index (χ0) is 31.4. The number of aryl methyl sites for hydroxylation is 1. The van der Waals surface area contributed by atoms with E-state index in [2.05, 4.69) is 18.3 Å². The highest BCUT2D eigenvalue weighted by Crippen LogP contribution is 2.36. The first-order valence-corrected chi connectivity index (χ1v) is 14.7. The molecule has 2 N–H and O–H groups in total. The first-order chi connectivity index (χ1) is 20.0. The molecule has 4 unspecified atom stereocenters. The molecule has 2 aromatic rings. The molecule has 1 heterocycles. The lowest BCUT2D eigenvalue weighted by Crippen LogP contribution is -2.40. The van der Waals surface area contributed by atoms with Crippen molar-refractivity contribution in [2.45, 2.75) is 47.1 Å². The zero-order valence-electron chi connectivity index (χ0n) is 26.2. The number of anilines is 1. The number of rotatable bonds is 4. The number of carbonyl (C=O) groups is 3. The molecule has 0 fully saturated rings. The van der Waals surface area contributed by atoms with E-state index >= 15 is 0 Å². The number of nitrogens with one attached hydrogen (secondary N) is 1. The molecule has 0 spiro atoms. The summed E-state index contributed by atoms with van der Waals surface area (Å²) in [7, 11) is 6.00. The van der Waals surface area contributed by atoms with Crippen LogP contribution in [0.25, 0.3) is 0 Å². The quantitative estimate of drug-likeness (QED) is 0.402. The maximum absolute atomic E-state index is 13.1. The van der Waals surface area contributed by atoms with E-state index in [-0.39, 0.29) is 35.4 Å². The molecule has 224 valence electrons. The van der Waals surface area contributed by atoms with Crippen LogP contribution in [0.4, 0.5) is 5.69 Å². The van der Waals surface area contributed by atoms with Crippen LogP contribution in [0.2, 0.25) is 0 Å². The lowest BCUT2D eigenvalue weighted by atomic mass is 9.75. The van der Waals surface area contributed by atoms with Crippen LogP contribution in [0.3, 0.4) is 0 Å². The van der Waals surface area contributed by atoms with Crippen molar-refractivity contribution in [2.24, 2.45) is 17.8 Å². The number of ketones is 2. The lowest BCUT2D eigenvalue weighted by Gasteiger charge is -2.34. The number of Topliss-reactive ketones (excluding diaryl/α,β-unsaturated/α-hetero) is 2. The number of nitrogens with zero attached hydrogens (tertiary/aromatic N) is 1. The van der Waals surface area contributed by atoms with Gasteiger partial charge in [0.2, 0.25) is 0 Å². The monoisotopic (exact) mass is 570 g/mol. The van der Waals surface area contributed by atoms with E-state index in [9.17, 15) is 14.4 Å². The van der Waals surface area contributed by atoms with Gasteiger partial charge in [-0.25, -0.2) is 4.79 Å². The number of carboxylic acid groups (broad SMARTS) is 1. The lowest BCUT2D eigenvalue weighted by molar-refractivity contribution is -0.118. The molecule has 6 nitrogen and oxygen atoms in total. The third-order valence-electron chi connectivity index (χ3n) is 6.99. The van der Waals surface area contributed by atoms with Crippen molar-refractivity contribution >= 4 is 23.2 Å². The van der Waals surface area contributed by atoms with E-state index in [1.165, 1.54) is 0 Å². The first-order valence-electron chi connectivity index (χ1n) is 14.7. The van der Waals surface area contributed by atoms with Gasteiger partial charge in [0, 0.05) is 22.7 Å². The van der Waals surface area contributed by atoms with Crippen LogP contribution < -0.4 is 5.32 Å². The summed E-state index contributed by atoms with van der Waals surface area (Å²) < 4.78 is 0. The van der Waals surface area contributed by atoms with E-state index in [0.29, 0.717) is 5.56 Å². The number of allylic oxidation sites excluding steroid dienone is 6. The van der Waals surface area contributed by atoms with E-state index in [0.717, 1.165) is 34.4 Å². The first kappa shape index (κ1) is 34.2. The zero-order valence-corrected chi connectivity index (χ0v) is 26.2. The number of hydrogen-bond donors (Lipinski definition) is 2. The third-order valence-corrected chi connectivity index (χ3v) is 6.99. The molecule has 4 atom stereocenters. The summed E-state index contributed by atoms with van der Waals surface area (Å²) in [5, 5.41) is 12.0. The van der Waals surface area contributed by atoms with Crippen molar-refractivity contribution in [3.63, 3.8) is 0 Å². The topological polar surface area (TPSA) is 86.7 Å². The molecular weight excluding hydrogens is 524 g/mol. The van der Waals surface area contributed by atoms with Gasteiger partial charge < -0.3 is 15.3 Å². The Morgan fingerprint density at radius 3 is 2.10 bits per heavy atom. The number of aromatic carboxylic acids is 1. The van der Waals surface area contributed by atoms with Gasteiger partial charge in [0.15, 0.2) is 11.6 Å². The van der Waals surface area contributed by atoms with Gasteiger partial charge >= 0.3 is 5.97 Å². The molecular formula is C36H46N2O4. The smallest absolute Gasteiger partial charge is 0.335 e. The number of carbonyl (C=O) groups excluding carboxylic acids is 2. The SMILES string of the molecule is CC.CC1=CC2C(=O)c3ccccc3NC2C=C1C(=O)C1C=CC=CC1C.CCc1ccc(C(=O)O)cc1.CN(C)C. The van der Waals surface area contributed by atoms with Crippen LogP contribution in [0.5, 0.6) is 0 Å². The summed E-state index contributed by atoms with van der Waals surface area (Å²) in [6, 6.07) is 14.3. The van der Waals surface area contributed by atoms with Crippen molar-refractivity contribution < 1.29 is 19.5 Å². The second kappa shape index (κ2) is 16.4. The maximum Gasteiger partial charge on any atom is 0.335 e. The van der Waals surface area contributed by atoms with E-state index in [1.54, 1.807) is 12.1 Å². The standard InChI is InChI=1S/C22H21NO2.C9H10O2.C3H9N.C2H6/c1-13-7-3-4-8-15(13)21(24)17-12-20-18(11-14(17)2)22(25)16-9-5-6-10-19(16)23-20;1-2-7-3-5-8(6-4-7)9(10)11;1-4(2)3;1-2/h3-13,15,18,20,23H,1-2H3;3-6H,2H2,1H3,(H,10,11);1-3H3;1-2H3. The molecule has 0 saturated carbocycles. The van der Waals surface area contributed by atoms with Crippen molar-refractivity contribution in [3.05, 3.63) is 113 Å². The Labute approximate surface area is 251 Å². The largest absolute Gasteiger partial charge is 0.478 e. The van der Waals surface area contributed by atoms with E-state index in [1.807, 2.05) is 121 Å². The predicted octanol–water partition coefficient (Wildman–Crippen LogP) is 7.26. The molecule has 5 rings (SSSR count). The number of hydrogen-bond acceptors (Lipinski definition) is 5. The molecule has 3 aliphatic rings. The van der Waals surface area contributed by atoms with Gasteiger partial charge in [-0.15, -0.1) is 0 Å². The molecule has 2 aromatic carbocycles. The Morgan fingerprint density at radius 2 is 1.52 bits per heavy atom. The van der Waals surface area contributed by atoms with Crippen LogP contribution >= 0.6 is 0 Å². The number of fused-ring (bicyclic) bond motifs is 2. The number of para-hydroxylation sites is 1. The molecule has 0 amide bonds. The normalized spacial score (nSPS) is 21.3. The highest BCUT2D eigenvalue weighted by molar-refractivity contribution is 6.08. The van der Waals surface area contributed by atoms with Crippen LogP contribution in [0, 0.1) is 17.8 Å². The summed E-state index contributed by atoms with van der Waals surface area (Å²) in [6.07, 6.45) is 12.8. The van der Waals surface area contributed by atoms with Gasteiger partial charge in [0.25, 0.3) is 0 Å². The summed E-state index contributed by atoms with van der Waals surface area (Å²) in [6.45, 7) is 10.0. The van der Waals surface area contributed by atoms with Gasteiger partial charge in [-0.1, -0.05) is 88.4 Å². The second-order valence-corrected chi connectivity index (χ2v) is 10.8. The fourth-order valence-corrected chi connectivity index (χ4v) is 4.81. The number of benzene rings is 2. The number of carboxylic acids is 1. The molecule has 42 heavy (non-hydrogen) atoms. The van der Waals surface area contributed by atoms with Crippen molar-refractivity contribution in [1.82, 2.24) is 4.90 Å². The minimum Gasteiger partial charge on any atom is -0.478 e. The minimum absolute atomic E-state index is 0.121. The third kappa shape index (κ3) is 8.98. The average molecular weight is 571 g/mol. The van der Waals surface area contributed by atoms with Gasteiger partial charge in [0.05, 0.1) is 17.5 Å². The van der Waals surface area contributed by atoms with Crippen LogP contribution in [0.1, 0.15) is 60.9 Å². The van der Waals surface area contributed by atoms with Gasteiger partial charge in [0.1, 0.15) is 0 Å². The van der Waals surface area contributed by atoms with Gasteiger partial charge in [-0.2, -0.15) is 0 Å². The van der Waals surface area contributed by atoms with E-state index < -0.39 is 5.97 Å². The Hall–Kier alpha value is -4.03. The highest BCUT2D eigenvalue weighted by Gasteiger charge is 2.37. The molecule has 0 radical (unpaired) electrons. The van der Waals surface area contributed by atoms with Gasteiger partial charge in [-0.3, -0.25) is 9.59 Å². The van der Waals surface area contributed by atoms with Crippen molar-refractivity contribution in [2.75, 3.05) is 26.5 Å². The molecule has 1 aliphatic heterocycles. The minimum atomic E-state index is -0.868.